The van der Waals surface area contributed by atoms with Crippen molar-refractivity contribution in [1.29, 1.82) is 0 Å². The average molecular weight is 423 g/mol. The zero-order valence-corrected chi connectivity index (χ0v) is 17.1. The third-order valence-corrected chi connectivity index (χ3v) is 5.40. The number of benzene rings is 1. The summed E-state index contributed by atoms with van der Waals surface area (Å²) in [4.78, 5) is 18.0. The lowest BCUT2D eigenvalue weighted by Crippen LogP contribution is -2.32. The second kappa shape index (κ2) is 8.64. The Hall–Kier alpha value is -3.23. The molecule has 0 bridgehead atoms. The molecule has 1 fully saturated rings. The number of nitrogens with one attached hydrogen (secondary N) is 1. The Morgan fingerprint density at radius 3 is 2.70 bits per heavy atom. The minimum atomic E-state index is -0.384. The molecule has 1 aliphatic rings. The number of furan rings is 1. The SMILES string of the molecule is COC(=O)c1ccc(-c2ccc([C@@H]3[C@@H](c4ccccn4)NC(=S)N3CCO)o2)cc1. The molecule has 1 saturated heterocycles. The predicted octanol–water partition coefficient (Wildman–Crippen LogP) is 3.09. The normalized spacial score (nSPS) is 18.3. The Morgan fingerprint density at radius 1 is 1.23 bits per heavy atom. The van der Waals surface area contributed by atoms with Crippen LogP contribution in [0.4, 0.5) is 0 Å². The Labute approximate surface area is 179 Å². The number of β-amino-alcohol motifs (C(OH)–C–C–N with tert-alkyl or cyclic N) is 1. The lowest BCUT2D eigenvalue weighted by molar-refractivity contribution is 0.0600. The van der Waals surface area contributed by atoms with E-state index < -0.39 is 0 Å². The van der Waals surface area contributed by atoms with Gasteiger partial charge in [0.15, 0.2) is 5.11 Å². The first-order valence-corrected chi connectivity index (χ1v) is 9.90. The largest absolute Gasteiger partial charge is 0.465 e. The highest BCUT2D eigenvalue weighted by Gasteiger charge is 2.41. The number of hydrogen-bond donors (Lipinski definition) is 2. The van der Waals surface area contributed by atoms with Crippen LogP contribution in [-0.4, -0.2) is 46.3 Å². The maximum atomic E-state index is 11.6. The van der Waals surface area contributed by atoms with Gasteiger partial charge >= 0.3 is 5.97 Å². The summed E-state index contributed by atoms with van der Waals surface area (Å²) in [6.45, 7) is 0.347. The third kappa shape index (κ3) is 3.79. The number of carbonyl (C=O) groups is 1. The van der Waals surface area contributed by atoms with E-state index in [0.29, 0.717) is 28.7 Å². The fourth-order valence-corrected chi connectivity index (χ4v) is 3.95. The molecule has 4 rings (SSSR count). The Kier molecular flexibility index (Phi) is 5.78. The highest BCUT2D eigenvalue weighted by atomic mass is 32.1. The van der Waals surface area contributed by atoms with Crippen molar-refractivity contribution >= 4 is 23.3 Å². The summed E-state index contributed by atoms with van der Waals surface area (Å²) in [7, 11) is 1.35. The van der Waals surface area contributed by atoms with Crippen LogP contribution in [0.15, 0.2) is 65.2 Å². The monoisotopic (exact) mass is 423 g/mol. The van der Waals surface area contributed by atoms with E-state index in [0.717, 1.165) is 11.3 Å². The van der Waals surface area contributed by atoms with Gasteiger partial charge in [-0.2, -0.15) is 0 Å². The first-order valence-electron chi connectivity index (χ1n) is 9.50. The van der Waals surface area contributed by atoms with E-state index in [2.05, 4.69) is 10.3 Å². The molecule has 0 spiro atoms. The molecular weight excluding hydrogens is 402 g/mol. The Balaban J connectivity index is 1.66. The first-order chi connectivity index (χ1) is 14.6. The fraction of sp³-hybridized carbons (Fsp3) is 0.227. The maximum absolute atomic E-state index is 11.6. The summed E-state index contributed by atoms with van der Waals surface area (Å²) in [5, 5.41) is 13.4. The summed E-state index contributed by atoms with van der Waals surface area (Å²) < 4.78 is 10.9. The van der Waals surface area contributed by atoms with Crippen molar-refractivity contribution in [1.82, 2.24) is 15.2 Å². The van der Waals surface area contributed by atoms with E-state index >= 15 is 0 Å². The van der Waals surface area contributed by atoms with Crippen molar-refractivity contribution in [2.75, 3.05) is 20.3 Å². The van der Waals surface area contributed by atoms with Gasteiger partial charge in [0.25, 0.3) is 0 Å². The maximum Gasteiger partial charge on any atom is 0.337 e. The molecule has 3 heterocycles. The molecule has 7 nitrogen and oxygen atoms in total. The number of ether oxygens (including phenoxy) is 1. The average Bonchev–Trinajstić information content (AvgIpc) is 3.39. The van der Waals surface area contributed by atoms with Gasteiger partial charge < -0.3 is 24.5 Å². The van der Waals surface area contributed by atoms with E-state index in [9.17, 15) is 9.90 Å². The number of aliphatic hydroxyl groups excluding tert-OH is 1. The quantitative estimate of drug-likeness (QED) is 0.462. The molecular formula is C22H21N3O4S. The van der Waals surface area contributed by atoms with Gasteiger partial charge in [0, 0.05) is 18.3 Å². The number of hydrogen-bond acceptors (Lipinski definition) is 6. The predicted molar refractivity (Wildman–Crippen MR) is 115 cm³/mol. The van der Waals surface area contributed by atoms with Gasteiger partial charge in [0.2, 0.25) is 0 Å². The van der Waals surface area contributed by atoms with E-state index in [1.54, 1.807) is 18.3 Å². The zero-order chi connectivity index (χ0) is 21.1. The number of nitrogens with zero attached hydrogens (tertiary/aromatic N) is 2. The van der Waals surface area contributed by atoms with Crippen LogP contribution in [0, 0.1) is 0 Å². The zero-order valence-electron chi connectivity index (χ0n) is 16.3. The van der Waals surface area contributed by atoms with E-state index in [1.807, 2.05) is 47.4 Å². The first kappa shape index (κ1) is 20.1. The molecule has 0 saturated carbocycles. The third-order valence-electron chi connectivity index (χ3n) is 5.05. The molecule has 3 aromatic rings. The molecule has 2 N–H and O–H groups in total. The lowest BCUT2D eigenvalue weighted by Gasteiger charge is -2.25. The van der Waals surface area contributed by atoms with Crippen LogP contribution in [0.2, 0.25) is 0 Å². The van der Waals surface area contributed by atoms with Crippen molar-refractivity contribution in [3.63, 3.8) is 0 Å². The standard InChI is InChI=1S/C22H21N3O4S/c1-28-21(27)15-7-5-14(6-8-15)17-9-10-18(29-17)20-19(16-4-2-3-11-23-16)24-22(30)25(20)12-13-26/h2-11,19-20,26H,12-13H2,1H3,(H,24,30)/t19-,20-/m1/s1. The molecule has 0 aliphatic carbocycles. The van der Waals surface area contributed by atoms with Crippen LogP contribution in [-0.2, 0) is 4.74 Å². The molecule has 8 heteroatoms. The second-order valence-corrected chi connectivity index (χ2v) is 7.20. The topological polar surface area (TPSA) is 87.8 Å². The lowest BCUT2D eigenvalue weighted by atomic mass is 10.0. The number of rotatable bonds is 6. The van der Waals surface area contributed by atoms with Crippen LogP contribution in [0.1, 0.15) is 33.9 Å². The highest BCUT2D eigenvalue weighted by Crippen LogP contribution is 2.40. The van der Waals surface area contributed by atoms with Crippen LogP contribution >= 0.6 is 12.2 Å². The number of thiocarbonyl (C=S) groups is 1. The van der Waals surface area contributed by atoms with Crippen molar-refractivity contribution in [2.24, 2.45) is 0 Å². The molecule has 0 unspecified atom stereocenters. The molecule has 30 heavy (non-hydrogen) atoms. The molecule has 0 amide bonds. The Morgan fingerprint density at radius 2 is 2.03 bits per heavy atom. The van der Waals surface area contributed by atoms with E-state index in [1.165, 1.54) is 7.11 Å². The number of aromatic nitrogens is 1. The van der Waals surface area contributed by atoms with E-state index in [-0.39, 0.29) is 24.7 Å². The summed E-state index contributed by atoms with van der Waals surface area (Å²) in [6, 6.07) is 16.1. The number of pyridine rings is 1. The number of aliphatic hydroxyl groups is 1. The second-order valence-electron chi connectivity index (χ2n) is 6.81. The van der Waals surface area contributed by atoms with Gasteiger partial charge in [-0.3, -0.25) is 4.98 Å². The summed E-state index contributed by atoms with van der Waals surface area (Å²) in [5.74, 6) is 0.992. The minimum absolute atomic E-state index is 0.0319. The van der Waals surface area contributed by atoms with Gasteiger partial charge in [0.1, 0.15) is 17.6 Å². The van der Waals surface area contributed by atoms with Crippen molar-refractivity contribution in [2.45, 2.75) is 12.1 Å². The summed E-state index contributed by atoms with van der Waals surface area (Å²) >= 11 is 5.50. The molecule has 0 radical (unpaired) electrons. The van der Waals surface area contributed by atoms with Crippen LogP contribution in [0.5, 0.6) is 0 Å². The minimum Gasteiger partial charge on any atom is -0.465 e. The summed E-state index contributed by atoms with van der Waals surface area (Å²) in [5.41, 5.74) is 2.15. The van der Waals surface area contributed by atoms with Crippen molar-refractivity contribution in [3.05, 3.63) is 77.8 Å². The van der Waals surface area contributed by atoms with Gasteiger partial charge in [0.05, 0.1) is 31.0 Å². The van der Waals surface area contributed by atoms with Crippen LogP contribution < -0.4 is 5.32 Å². The van der Waals surface area contributed by atoms with Gasteiger partial charge in [-0.05, 0) is 48.6 Å². The van der Waals surface area contributed by atoms with Crippen LogP contribution in [0.25, 0.3) is 11.3 Å². The molecule has 2 aromatic heterocycles. The smallest absolute Gasteiger partial charge is 0.337 e. The van der Waals surface area contributed by atoms with Crippen molar-refractivity contribution < 1.29 is 19.1 Å². The van der Waals surface area contributed by atoms with Gasteiger partial charge in [-0.25, -0.2) is 4.79 Å². The summed E-state index contributed by atoms with van der Waals surface area (Å²) in [6.07, 6.45) is 1.74. The van der Waals surface area contributed by atoms with E-state index in [4.69, 9.17) is 21.4 Å². The molecule has 154 valence electrons. The molecule has 2 atom stereocenters. The fourth-order valence-electron chi connectivity index (χ4n) is 3.62. The Bertz CT molecular complexity index is 1040. The van der Waals surface area contributed by atoms with Gasteiger partial charge in [-0.15, -0.1) is 0 Å². The molecule has 1 aliphatic heterocycles. The van der Waals surface area contributed by atoms with Crippen LogP contribution in [0.3, 0.4) is 0 Å². The van der Waals surface area contributed by atoms with Gasteiger partial charge in [-0.1, -0.05) is 18.2 Å². The number of carbonyl (C=O) groups excluding carboxylic acids is 1. The number of methoxy groups -OCH3 is 1. The highest BCUT2D eigenvalue weighted by molar-refractivity contribution is 7.80. The molecule has 1 aromatic carbocycles. The van der Waals surface area contributed by atoms with Crippen molar-refractivity contribution in [3.8, 4) is 11.3 Å². The number of esters is 1.